The van der Waals surface area contributed by atoms with Crippen LogP contribution in [-0.4, -0.2) is 59.7 Å². The summed E-state index contributed by atoms with van der Waals surface area (Å²) in [6, 6.07) is 9.86. The highest BCUT2D eigenvalue weighted by Gasteiger charge is 2.36. The molecule has 8 heteroatoms. The highest BCUT2D eigenvalue weighted by atomic mass is 16.5. The summed E-state index contributed by atoms with van der Waals surface area (Å²) in [7, 11) is 1.47. The van der Waals surface area contributed by atoms with Crippen LogP contribution in [-0.2, 0) is 20.7 Å². The fourth-order valence-electron chi connectivity index (χ4n) is 3.71. The molecule has 1 saturated heterocycles. The van der Waals surface area contributed by atoms with Crippen molar-refractivity contribution in [3.8, 4) is 0 Å². The minimum atomic E-state index is -0.288. The third-order valence-corrected chi connectivity index (χ3v) is 5.15. The number of carbonyl (C=O) groups is 2. The summed E-state index contributed by atoms with van der Waals surface area (Å²) < 4.78 is 10.3. The van der Waals surface area contributed by atoms with E-state index in [1.165, 1.54) is 12.7 Å². The number of aryl methyl sites for hydroxylation is 2. The molecule has 2 amide bonds. The minimum absolute atomic E-state index is 0.0307. The molecule has 1 aromatic heterocycles. The Morgan fingerprint density at radius 2 is 2.10 bits per heavy atom. The number of carbonyl (C=O) groups excluding carboxylic acids is 2. The number of piperidine rings is 1. The molecule has 0 saturated carbocycles. The van der Waals surface area contributed by atoms with E-state index in [1.807, 2.05) is 23.1 Å². The normalized spacial score (nSPS) is 19.2. The van der Waals surface area contributed by atoms with E-state index >= 15 is 0 Å². The van der Waals surface area contributed by atoms with Crippen LogP contribution in [0.2, 0.25) is 0 Å². The zero-order valence-corrected chi connectivity index (χ0v) is 17.0. The first kappa shape index (κ1) is 21.0. The lowest BCUT2D eigenvalue weighted by atomic mass is 9.90. The van der Waals surface area contributed by atoms with Gasteiger partial charge in [-0.3, -0.25) is 9.59 Å². The molecule has 29 heavy (non-hydrogen) atoms. The zero-order chi connectivity index (χ0) is 20.6. The standard InChI is InChI=1S/C21H28N4O4/c1-15-22-21(29-24-15)17-11-12-25(13-18(17)23-19(26)14-28-2)20(27)10-6-9-16-7-4-3-5-8-16/h3-5,7-8,17-18H,6,9-14H2,1-2H3,(H,23,26)/t17-,18+/m0/s1. The Morgan fingerprint density at radius 3 is 2.79 bits per heavy atom. The Labute approximate surface area is 170 Å². The second-order valence-corrected chi connectivity index (χ2v) is 7.36. The molecule has 0 radical (unpaired) electrons. The lowest BCUT2D eigenvalue weighted by molar-refractivity contribution is -0.134. The van der Waals surface area contributed by atoms with Crippen molar-refractivity contribution < 1.29 is 18.8 Å². The van der Waals surface area contributed by atoms with E-state index in [4.69, 9.17) is 9.26 Å². The number of ether oxygens (including phenoxy) is 1. The van der Waals surface area contributed by atoms with Crippen LogP contribution in [0.1, 0.15) is 42.5 Å². The highest BCUT2D eigenvalue weighted by Crippen LogP contribution is 2.28. The van der Waals surface area contributed by atoms with Gasteiger partial charge in [0.1, 0.15) is 6.61 Å². The van der Waals surface area contributed by atoms with Gasteiger partial charge in [-0.05, 0) is 31.7 Å². The Balaban J connectivity index is 1.59. The van der Waals surface area contributed by atoms with Crippen LogP contribution >= 0.6 is 0 Å². The summed E-state index contributed by atoms with van der Waals surface area (Å²) in [5.41, 5.74) is 1.23. The third-order valence-electron chi connectivity index (χ3n) is 5.15. The van der Waals surface area contributed by atoms with Crippen molar-refractivity contribution in [3.63, 3.8) is 0 Å². The number of amides is 2. The molecule has 0 aliphatic carbocycles. The summed E-state index contributed by atoms with van der Waals surface area (Å²) in [6.07, 6.45) is 2.81. The Morgan fingerprint density at radius 1 is 1.31 bits per heavy atom. The van der Waals surface area contributed by atoms with E-state index < -0.39 is 0 Å². The van der Waals surface area contributed by atoms with E-state index in [1.54, 1.807) is 6.92 Å². The van der Waals surface area contributed by atoms with E-state index in [2.05, 4.69) is 27.6 Å². The average Bonchev–Trinajstić information content (AvgIpc) is 3.15. The summed E-state index contributed by atoms with van der Waals surface area (Å²) in [5, 5.41) is 6.82. The quantitative estimate of drug-likeness (QED) is 0.726. The molecule has 0 spiro atoms. The number of hydrogen-bond donors (Lipinski definition) is 1. The van der Waals surface area contributed by atoms with Crippen LogP contribution in [0.3, 0.4) is 0 Å². The topological polar surface area (TPSA) is 97.6 Å². The van der Waals surface area contributed by atoms with Gasteiger partial charge in [-0.25, -0.2) is 0 Å². The maximum Gasteiger partial charge on any atom is 0.246 e. The number of nitrogens with zero attached hydrogens (tertiary/aromatic N) is 3. The van der Waals surface area contributed by atoms with Gasteiger partial charge in [-0.1, -0.05) is 35.5 Å². The van der Waals surface area contributed by atoms with Crippen LogP contribution in [0.5, 0.6) is 0 Å². The van der Waals surface area contributed by atoms with E-state index in [0.717, 1.165) is 12.8 Å². The molecule has 1 fully saturated rings. The van der Waals surface area contributed by atoms with Gasteiger partial charge < -0.3 is 19.5 Å². The SMILES string of the molecule is COCC(=O)N[C@@H]1CN(C(=O)CCCc2ccccc2)CC[C@@H]1c1nc(C)no1. The van der Waals surface area contributed by atoms with Gasteiger partial charge in [0.25, 0.3) is 0 Å². The van der Waals surface area contributed by atoms with E-state index in [0.29, 0.717) is 37.6 Å². The fourth-order valence-corrected chi connectivity index (χ4v) is 3.71. The summed E-state index contributed by atoms with van der Waals surface area (Å²) in [6.45, 7) is 2.76. The Hall–Kier alpha value is -2.74. The van der Waals surface area contributed by atoms with Crippen LogP contribution in [0.15, 0.2) is 34.9 Å². The van der Waals surface area contributed by atoms with Crippen molar-refractivity contribution in [2.24, 2.45) is 0 Å². The van der Waals surface area contributed by atoms with Gasteiger partial charge in [-0.15, -0.1) is 0 Å². The summed E-state index contributed by atoms with van der Waals surface area (Å²) in [4.78, 5) is 31.0. The van der Waals surface area contributed by atoms with Crippen LogP contribution in [0.25, 0.3) is 0 Å². The zero-order valence-electron chi connectivity index (χ0n) is 17.0. The van der Waals surface area contributed by atoms with Crippen molar-refractivity contribution in [1.82, 2.24) is 20.4 Å². The first-order valence-corrected chi connectivity index (χ1v) is 9.97. The number of hydrogen-bond acceptors (Lipinski definition) is 6. The molecular formula is C21H28N4O4. The number of benzene rings is 1. The van der Waals surface area contributed by atoms with Crippen LogP contribution in [0.4, 0.5) is 0 Å². The molecule has 8 nitrogen and oxygen atoms in total. The Bertz CT molecular complexity index is 808. The maximum atomic E-state index is 12.7. The molecule has 1 N–H and O–H groups in total. The van der Waals surface area contributed by atoms with Gasteiger partial charge >= 0.3 is 0 Å². The Kier molecular flexibility index (Phi) is 7.35. The minimum Gasteiger partial charge on any atom is -0.375 e. The van der Waals surface area contributed by atoms with Gasteiger partial charge in [0.15, 0.2) is 5.82 Å². The lowest BCUT2D eigenvalue weighted by Crippen LogP contribution is -2.53. The van der Waals surface area contributed by atoms with Crippen LogP contribution < -0.4 is 5.32 Å². The molecular weight excluding hydrogens is 372 g/mol. The predicted octanol–water partition coefficient (Wildman–Crippen LogP) is 1.85. The lowest BCUT2D eigenvalue weighted by Gasteiger charge is -2.37. The van der Waals surface area contributed by atoms with Gasteiger partial charge in [0.05, 0.1) is 12.0 Å². The number of rotatable bonds is 8. The molecule has 0 unspecified atom stereocenters. The smallest absolute Gasteiger partial charge is 0.246 e. The molecule has 3 rings (SSSR count). The van der Waals surface area contributed by atoms with Gasteiger partial charge in [0.2, 0.25) is 17.7 Å². The molecule has 2 heterocycles. The van der Waals surface area contributed by atoms with Gasteiger partial charge in [-0.2, -0.15) is 4.98 Å². The van der Waals surface area contributed by atoms with E-state index in [9.17, 15) is 9.59 Å². The van der Waals surface area contributed by atoms with Crippen LogP contribution in [0, 0.1) is 6.92 Å². The average molecular weight is 400 g/mol. The highest BCUT2D eigenvalue weighted by molar-refractivity contribution is 5.78. The number of likely N-dealkylation sites (tertiary alicyclic amines) is 1. The second-order valence-electron chi connectivity index (χ2n) is 7.36. The molecule has 2 atom stereocenters. The second kappa shape index (κ2) is 10.2. The van der Waals surface area contributed by atoms with Crippen molar-refractivity contribution in [3.05, 3.63) is 47.6 Å². The van der Waals surface area contributed by atoms with Crippen molar-refractivity contribution in [2.75, 3.05) is 26.8 Å². The first-order chi connectivity index (χ1) is 14.1. The molecule has 2 aromatic rings. The third kappa shape index (κ3) is 5.87. The fraction of sp³-hybridized carbons (Fsp3) is 0.524. The largest absolute Gasteiger partial charge is 0.375 e. The molecule has 156 valence electrons. The van der Waals surface area contributed by atoms with Crippen molar-refractivity contribution >= 4 is 11.8 Å². The number of methoxy groups -OCH3 is 1. The maximum absolute atomic E-state index is 12.7. The van der Waals surface area contributed by atoms with Crippen molar-refractivity contribution in [2.45, 2.75) is 44.6 Å². The molecule has 0 bridgehead atoms. The summed E-state index contributed by atoms with van der Waals surface area (Å²) >= 11 is 0. The van der Waals surface area contributed by atoms with E-state index in [-0.39, 0.29) is 30.4 Å². The van der Waals surface area contributed by atoms with Crippen molar-refractivity contribution in [1.29, 1.82) is 0 Å². The molecule has 1 aliphatic heterocycles. The first-order valence-electron chi connectivity index (χ1n) is 9.97. The summed E-state index contributed by atoms with van der Waals surface area (Å²) in [5.74, 6) is 0.817. The molecule has 1 aromatic carbocycles. The predicted molar refractivity (Wildman–Crippen MR) is 106 cm³/mol. The number of nitrogens with one attached hydrogen (secondary N) is 1. The van der Waals surface area contributed by atoms with Gasteiger partial charge in [0, 0.05) is 26.6 Å². The number of aromatic nitrogens is 2. The molecule has 1 aliphatic rings. The monoisotopic (exact) mass is 400 g/mol.